The Hall–Kier alpha value is -1.47. The van der Waals surface area contributed by atoms with Gasteiger partial charge >= 0.3 is 12.2 Å². The Balaban J connectivity index is 2.93. The number of alkyl halides is 3. The second-order valence-corrected chi connectivity index (χ2v) is 2.77. The Morgan fingerprint density at radius 1 is 1.57 bits per heavy atom. The molecule has 0 bridgehead atoms. The Kier molecular flexibility index (Phi) is 2.54. The summed E-state index contributed by atoms with van der Waals surface area (Å²) in [5.74, 6) is -1.25. The first kappa shape index (κ1) is 10.6. The molecule has 0 radical (unpaired) electrons. The van der Waals surface area contributed by atoms with Gasteiger partial charge in [-0.3, -0.25) is 4.79 Å². The molecule has 1 fully saturated rings. The van der Waals surface area contributed by atoms with E-state index in [0.29, 0.717) is 4.90 Å². The normalized spacial score (nSPS) is 23.2. The third-order valence-electron chi connectivity index (χ3n) is 1.81. The van der Waals surface area contributed by atoms with Crippen LogP contribution < -0.4 is 11.1 Å². The zero-order chi connectivity index (χ0) is 10.9. The molecule has 8 heteroatoms. The number of carbonyl (C=O) groups is 2. The fourth-order valence-electron chi connectivity index (χ4n) is 1.23. The SMILES string of the molecule is NC(=O)N1CCNC(=O)C1C(F)(F)F. The molecule has 1 saturated heterocycles. The molecule has 0 aromatic rings. The number of urea groups is 1. The van der Waals surface area contributed by atoms with Crippen LogP contribution in [0.4, 0.5) is 18.0 Å². The molecule has 1 atom stereocenters. The van der Waals surface area contributed by atoms with Gasteiger partial charge in [0.25, 0.3) is 5.91 Å². The molecule has 1 aliphatic heterocycles. The van der Waals surface area contributed by atoms with Crippen LogP contribution in [-0.4, -0.2) is 42.1 Å². The van der Waals surface area contributed by atoms with E-state index < -0.39 is 24.2 Å². The molecule has 80 valence electrons. The lowest BCUT2D eigenvalue weighted by Crippen LogP contribution is -2.63. The smallest absolute Gasteiger partial charge is 0.352 e. The molecule has 1 heterocycles. The molecule has 0 saturated carbocycles. The van der Waals surface area contributed by atoms with Crippen LogP contribution in [0.5, 0.6) is 0 Å². The van der Waals surface area contributed by atoms with Crippen molar-refractivity contribution in [1.29, 1.82) is 0 Å². The highest BCUT2D eigenvalue weighted by Gasteiger charge is 2.51. The third-order valence-corrected chi connectivity index (χ3v) is 1.81. The molecule has 0 aromatic heterocycles. The van der Waals surface area contributed by atoms with E-state index >= 15 is 0 Å². The van der Waals surface area contributed by atoms with Crippen LogP contribution in [0.15, 0.2) is 0 Å². The van der Waals surface area contributed by atoms with E-state index in [1.54, 1.807) is 0 Å². The van der Waals surface area contributed by atoms with Gasteiger partial charge in [0.15, 0.2) is 0 Å². The molecule has 3 N–H and O–H groups in total. The van der Waals surface area contributed by atoms with E-state index in [1.165, 1.54) is 0 Å². The summed E-state index contributed by atoms with van der Waals surface area (Å²) >= 11 is 0. The maximum absolute atomic E-state index is 12.3. The molecule has 14 heavy (non-hydrogen) atoms. The molecule has 3 amide bonds. The van der Waals surface area contributed by atoms with Gasteiger partial charge in [-0.1, -0.05) is 0 Å². The highest BCUT2D eigenvalue weighted by atomic mass is 19.4. The first-order chi connectivity index (χ1) is 6.34. The van der Waals surface area contributed by atoms with Crippen molar-refractivity contribution >= 4 is 11.9 Å². The predicted octanol–water partition coefficient (Wildman–Crippen LogP) is -0.572. The molecule has 5 nitrogen and oxygen atoms in total. The topological polar surface area (TPSA) is 75.4 Å². The number of rotatable bonds is 0. The quantitative estimate of drug-likeness (QED) is 0.562. The molecule has 0 aromatic carbocycles. The highest BCUT2D eigenvalue weighted by molar-refractivity contribution is 5.88. The number of hydrogen-bond donors (Lipinski definition) is 2. The van der Waals surface area contributed by atoms with E-state index in [-0.39, 0.29) is 13.1 Å². The van der Waals surface area contributed by atoms with Crippen molar-refractivity contribution in [2.24, 2.45) is 5.73 Å². The summed E-state index contributed by atoms with van der Waals surface area (Å²) in [7, 11) is 0. The van der Waals surface area contributed by atoms with E-state index in [0.717, 1.165) is 0 Å². The number of nitrogens with zero attached hydrogens (tertiary/aromatic N) is 1. The molecule has 1 rings (SSSR count). The number of nitrogens with two attached hydrogens (primary N) is 1. The third kappa shape index (κ3) is 1.88. The van der Waals surface area contributed by atoms with E-state index in [2.05, 4.69) is 0 Å². The van der Waals surface area contributed by atoms with Gasteiger partial charge in [0.1, 0.15) is 0 Å². The molecular weight excluding hydrogens is 203 g/mol. The zero-order valence-electron chi connectivity index (χ0n) is 6.97. The van der Waals surface area contributed by atoms with Crippen molar-refractivity contribution in [3.05, 3.63) is 0 Å². The average Bonchev–Trinajstić information content (AvgIpc) is 2.01. The number of nitrogens with one attached hydrogen (secondary N) is 1. The lowest BCUT2D eigenvalue weighted by molar-refractivity contribution is -0.186. The van der Waals surface area contributed by atoms with Crippen LogP contribution in [0.3, 0.4) is 0 Å². The average molecular weight is 211 g/mol. The Morgan fingerprint density at radius 3 is 2.50 bits per heavy atom. The van der Waals surface area contributed by atoms with Crippen molar-refractivity contribution in [2.45, 2.75) is 12.2 Å². The van der Waals surface area contributed by atoms with Crippen molar-refractivity contribution in [2.75, 3.05) is 13.1 Å². The van der Waals surface area contributed by atoms with Crippen LogP contribution in [0.2, 0.25) is 0 Å². The molecule has 1 unspecified atom stereocenters. The molecule has 0 aliphatic carbocycles. The molecular formula is C6H8F3N3O2. The minimum absolute atomic E-state index is 0.0195. The van der Waals surface area contributed by atoms with Crippen molar-refractivity contribution < 1.29 is 22.8 Å². The van der Waals surface area contributed by atoms with E-state index in [9.17, 15) is 22.8 Å². The Labute approximate surface area is 77.0 Å². The lowest BCUT2D eigenvalue weighted by Gasteiger charge is -2.34. The van der Waals surface area contributed by atoms with Gasteiger partial charge in [-0.05, 0) is 0 Å². The first-order valence-electron chi connectivity index (χ1n) is 3.74. The van der Waals surface area contributed by atoms with Gasteiger partial charge < -0.3 is 16.0 Å². The van der Waals surface area contributed by atoms with Crippen LogP contribution in [-0.2, 0) is 4.79 Å². The fraction of sp³-hybridized carbons (Fsp3) is 0.667. The van der Waals surface area contributed by atoms with Gasteiger partial charge in [0.2, 0.25) is 6.04 Å². The summed E-state index contributed by atoms with van der Waals surface area (Å²) in [6.45, 7) is -0.250. The van der Waals surface area contributed by atoms with Crippen LogP contribution in [0, 0.1) is 0 Å². The van der Waals surface area contributed by atoms with E-state index in [4.69, 9.17) is 5.73 Å². The van der Waals surface area contributed by atoms with Gasteiger partial charge in [0, 0.05) is 13.1 Å². The zero-order valence-corrected chi connectivity index (χ0v) is 6.97. The number of piperazine rings is 1. The fourth-order valence-corrected chi connectivity index (χ4v) is 1.23. The second-order valence-electron chi connectivity index (χ2n) is 2.77. The van der Waals surface area contributed by atoms with Gasteiger partial charge in [0.05, 0.1) is 0 Å². The summed E-state index contributed by atoms with van der Waals surface area (Å²) in [6, 6.07) is -3.71. The minimum atomic E-state index is -4.79. The van der Waals surface area contributed by atoms with Gasteiger partial charge in [-0.15, -0.1) is 0 Å². The van der Waals surface area contributed by atoms with Crippen molar-refractivity contribution in [1.82, 2.24) is 10.2 Å². The van der Waals surface area contributed by atoms with E-state index in [1.807, 2.05) is 5.32 Å². The van der Waals surface area contributed by atoms with Gasteiger partial charge in [-0.2, -0.15) is 13.2 Å². The number of halogens is 3. The van der Waals surface area contributed by atoms with Gasteiger partial charge in [-0.25, -0.2) is 4.79 Å². The Morgan fingerprint density at radius 2 is 2.14 bits per heavy atom. The van der Waals surface area contributed by atoms with Crippen LogP contribution in [0.25, 0.3) is 0 Å². The second kappa shape index (κ2) is 3.35. The highest BCUT2D eigenvalue weighted by Crippen LogP contribution is 2.26. The number of carbonyl (C=O) groups excluding carboxylic acids is 2. The maximum Gasteiger partial charge on any atom is 0.418 e. The summed E-state index contributed by atoms with van der Waals surface area (Å²) in [6.07, 6.45) is -4.79. The molecule has 1 aliphatic rings. The van der Waals surface area contributed by atoms with Crippen molar-refractivity contribution in [3.8, 4) is 0 Å². The predicted molar refractivity (Wildman–Crippen MR) is 39.1 cm³/mol. The summed E-state index contributed by atoms with van der Waals surface area (Å²) in [5, 5.41) is 2.02. The maximum atomic E-state index is 12.3. The Bertz CT molecular complexity index is 266. The summed E-state index contributed by atoms with van der Waals surface area (Å²) in [5.41, 5.74) is 4.72. The summed E-state index contributed by atoms with van der Waals surface area (Å²) in [4.78, 5) is 21.8. The number of primary amides is 1. The first-order valence-corrected chi connectivity index (χ1v) is 3.74. The molecule has 0 spiro atoms. The number of hydrogen-bond acceptors (Lipinski definition) is 2. The number of amides is 3. The standard InChI is InChI=1S/C6H8F3N3O2/c7-6(8,9)3-4(13)11-1-2-12(3)5(10)14/h3H,1-2H2,(H2,10,14)(H,11,13). The lowest BCUT2D eigenvalue weighted by atomic mass is 10.2. The largest absolute Gasteiger partial charge is 0.418 e. The minimum Gasteiger partial charge on any atom is -0.352 e. The van der Waals surface area contributed by atoms with Crippen LogP contribution in [0.1, 0.15) is 0 Å². The van der Waals surface area contributed by atoms with Crippen molar-refractivity contribution in [3.63, 3.8) is 0 Å². The monoisotopic (exact) mass is 211 g/mol. The van der Waals surface area contributed by atoms with Crippen LogP contribution >= 0.6 is 0 Å². The summed E-state index contributed by atoms with van der Waals surface area (Å²) < 4.78 is 36.9.